The topological polar surface area (TPSA) is 20.2 Å². The molecule has 1 nitrogen and oxygen atoms in total. The van der Waals surface area contributed by atoms with Gasteiger partial charge in [-0.3, -0.25) is 0 Å². The van der Waals surface area contributed by atoms with Crippen molar-refractivity contribution in [2.75, 3.05) is 0 Å². The molecule has 1 aliphatic rings. The van der Waals surface area contributed by atoms with Crippen LogP contribution in [0.2, 0.25) is 0 Å². The Morgan fingerprint density at radius 2 is 2.15 bits per heavy atom. The van der Waals surface area contributed by atoms with Crippen LogP contribution in [0.4, 0.5) is 0 Å². The number of benzene rings is 1. The molecule has 1 heteroatoms. The maximum atomic E-state index is 9.74. The Bertz CT molecular complexity index is 317. The zero-order valence-electron chi connectivity index (χ0n) is 7.61. The Morgan fingerprint density at radius 3 is 2.92 bits per heavy atom. The molecule has 0 saturated carbocycles. The summed E-state index contributed by atoms with van der Waals surface area (Å²) < 4.78 is 0. The van der Waals surface area contributed by atoms with E-state index in [0.717, 1.165) is 12.8 Å². The van der Waals surface area contributed by atoms with E-state index in [1.54, 1.807) is 0 Å². The smallest absolute Gasteiger partial charge is 0.0646 e. The van der Waals surface area contributed by atoms with E-state index >= 15 is 0 Å². The van der Waals surface area contributed by atoms with Crippen molar-refractivity contribution in [1.82, 2.24) is 0 Å². The number of aliphatic hydroxyl groups excluding tert-OH is 1. The van der Waals surface area contributed by atoms with E-state index in [1.165, 1.54) is 11.1 Å². The summed E-state index contributed by atoms with van der Waals surface area (Å²) in [4.78, 5) is 0. The third-order valence-corrected chi connectivity index (χ3v) is 2.79. The third kappa shape index (κ3) is 1.40. The molecule has 0 fully saturated rings. The lowest BCUT2D eigenvalue weighted by molar-refractivity contribution is 0.142. The fourth-order valence-electron chi connectivity index (χ4n) is 2.06. The molecule has 0 saturated heterocycles. The molecule has 2 rings (SSSR count). The molecule has 0 spiro atoms. The SMILES string of the molecule is C=CC1c2ccccc2CCC1O. The van der Waals surface area contributed by atoms with Crippen LogP contribution < -0.4 is 0 Å². The Hall–Kier alpha value is -1.08. The van der Waals surface area contributed by atoms with Crippen LogP contribution >= 0.6 is 0 Å². The quantitative estimate of drug-likeness (QED) is 0.647. The largest absolute Gasteiger partial charge is 0.392 e. The lowest BCUT2D eigenvalue weighted by Gasteiger charge is -2.27. The molecule has 0 aromatic heterocycles. The van der Waals surface area contributed by atoms with Crippen LogP contribution in [-0.4, -0.2) is 11.2 Å². The molecule has 68 valence electrons. The van der Waals surface area contributed by atoms with Crippen LogP contribution in [0.3, 0.4) is 0 Å². The molecule has 1 aromatic rings. The summed E-state index contributed by atoms with van der Waals surface area (Å²) in [5, 5.41) is 9.74. The minimum absolute atomic E-state index is 0.130. The molecule has 1 aliphatic carbocycles. The molecular formula is C12H14O. The van der Waals surface area contributed by atoms with Gasteiger partial charge < -0.3 is 5.11 Å². The lowest BCUT2D eigenvalue weighted by atomic mass is 9.81. The minimum Gasteiger partial charge on any atom is -0.392 e. The number of aliphatic hydroxyl groups is 1. The van der Waals surface area contributed by atoms with E-state index in [9.17, 15) is 5.11 Å². The highest BCUT2D eigenvalue weighted by molar-refractivity contribution is 5.36. The molecule has 0 radical (unpaired) electrons. The first kappa shape index (κ1) is 8.52. The van der Waals surface area contributed by atoms with Crippen LogP contribution in [-0.2, 0) is 6.42 Å². The summed E-state index contributed by atoms with van der Waals surface area (Å²) in [5.41, 5.74) is 2.61. The van der Waals surface area contributed by atoms with Crippen molar-refractivity contribution in [3.8, 4) is 0 Å². The maximum Gasteiger partial charge on any atom is 0.0646 e. The summed E-state index contributed by atoms with van der Waals surface area (Å²) in [6.07, 6.45) is 3.45. The second kappa shape index (κ2) is 3.35. The van der Waals surface area contributed by atoms with E-state index < -0.39 is 0 Å². The zero-order chi connectivity index (χ0) is 9.26. The highest BCUT2D eigenvalue weighted by atomic mass is 16.3. The normalized spacial score (nSPS) is 26.5. The maximum absolute atomic E-state index is 9.74. The summed E-state index contributed by atoms with van der Waals surface area (Å²) in [6, 6.07) is 8.30. The standard InChI is InChI=1S/C12H14O/c1-2-10-11-6-4-3-5-9(11)7-8-12(10)13/h2-6,10,12-13H,1,7-8H2. The Labute approximate surface area is 78.7 Å². The Balaban J connectivity index is 2.45. The number of hydrogen-bond donors (Lipinski definition) is 1. The van der Waals surface area contributed by atoms with Gasteiger partial charge in [0.15, 0.2) is 0 Å². The zero-order valence-corrected chi connectivity index (χ0v) is 7.61. The number of fused-ring (bicyclic) bond motifs is 1. The van der Waals surface area contributed by atoms with Crippen LogP contribution in [0, 0.1) is 0 Å². The fourth-order valence-corrected chi connectivity index (χ4v) is 2.06. The Kier molecular flexibility index (Phi) is 2.19. The molecule has 2 atom stereocenters. The monoisotopic (exact) mass is 174 g/mol. The van der Waals surface area contributed by atoms with Crippen molar-refractivity contribution in [2.45, 2.75) is 24.9 Å². The van der Waals surface area contributed by atoms with Gasteiger partial charge in [0.25, 0.3) is 0 Å². The predicted octanol–water partition coefficient (Wildman–Crippen LogP) is 2.26. The summed E-state index contributed by atoms with van der Waals surface area (Å²) >= 11 is 0. The Morgan fingerprint density at radius 1 is 1.38 bits per heavy atom. The van der Waals surface area contributed by atoms with Gasteiger partial charge in [-0.1, -0.05) is 30.3 Å². The molecule has 0 aliphatic heterocycles. The van der Waals surface area contributed by atoms with Crippen molar-refractivity contribution in [3.63, 3.8) is 0 Å². The molecule has 13 heavy (non-hydrogen) atoms. The molecule has 1 aromatic carbocycles. The minimum atomic E-state index is -0.243. The average molecular weight is 174 g/mol. The van der Waals surface area contributed by atoms with Gasteiger partial charge in [0.1, 0.15) is 0 Å². The summed E-state index contributed by atoms with van der Waals surface area (Å²) in [6.45, 7) is 3.77. The highest BCUT2D eigenvalue weighted by Crippen LogP contribution is 2.32. The van der Waals surface area contributed by atoms with Gasteiger partial charge in [0.05, 0.1) is 6.10 Å². The van der Waals surface area contributed by atoms with Gasteiger partial charge >= 0.3 is 0 Å². The first-order chi connectivity index (χ1) is 6.33. The second-order valence-electron chi connectivity index (χ2n) is 3.57. The number of aryl methyl sites for hydroxylation is 1. The third-order valence-electron chi connectivity index (χ3n) is 2.79. The van der Waals surface area contributed by atoms with Crippen LogP contribution in [0.5, 0.6) is 0 Å². The molecule has 0 amide bonds. The lowest BCUT2D eigenvalue weighted by Crippen LogP contribution is -2.23. The van der Waals surface area contributed by atoms with Gasteiger partial charge in [0.2, 0.25) is 0 Å². The van der Waals surface area contributed by atoms with Crippen LogP contribution in [0.15, 0.2) is 36.9 Å². The molecule has 1 N–H and O–H groups in total. The molecule has 0 bridgehead atoms. The van der Waals surface area contributed by atoms with E-state index in [-0.39, 0.29) is 12.0 Å². The second-order valence-corrected chi connectivity index (χ2v) is 3.57. The van der Waals surface area contributed by atoms with E-state index in [4.69, 9.17) is 0 Å². The molecule has 2 unspecified atom stereocenters. The van der Waals surface area contributed by atoms with Crippen molar-refractivity contribution in [3.05, 3.63) is 48.0 Å². The first-order valence-corrected chi connectivity index (χ1v) is 4.71. The summed E-state index contributed by atoms with van der Waals surface area (Å²) in [7, 11) is 0. The summed E-state index contributed by atoms with van der Waals surface area (Å²) in [5.74, 6) is 0.130. The average Bonchev–Trinajstić information content (AvgIpc) is 2.18. The van der Waals surface area contributed by atoms with Crippen molar-refractivity contribution >= 4 is 0 Å². The van der Waals surface area contributed by atoms with E-state index in [0.29, 0.717) is 0 Å². The van der Waals surface area contributed by atoms with E-state index in [1.807, 2.05) is 12.1 Å². The fraction of sp³-hybridized carbons (Fsp3) is 0.333. The van der Waals surface area contributed by atoms with E-state index in [2.05, 4.69) is 24.8 Å². The molecular weight excluding hydrogens is 160 g/mol. The van der Waals surface area contributed by atoms with Gasteiger partial charge in [0, 0.05) is 5.92 Å². The van der Waals surface area contributed by atoms with Crippen LogP contribution in [0.25, 0.3) is 0 Å². The van der Waals surface area contributed by atoms with Gasteiger partial charge in [-0.25, -0.2) is 0 Å². The first-order valence-electron chi connectivity index (χ1n) is 4.71. The van der Waals surface area contributed by atoms with Gasteiger partial charge in [-0.15, -0.1) is 6.58 Å². The van der Waals surface area contributed by atoms with Crippen molar-refractivity contribution < 1.29 is 5.11 Å². The number of rotatable bonds is 1. The molecule has 0 heterocycles. The van der Waals surface area contributed by atoms with Crippen molar-refractivity contribution in [1.29, 1.82) is 0 Å². The van der Waals surface area contributed by atoms with Gasteiger partial charge in [-0.05, 0) is 24.0 Å². The predicted molar refractivity (Wildman–Crippen MR) is 53.7 cm³/mol. The van der Waals surface area contributed by atoms with Crippen LogP contribution in [0.1, 0.15) is 23.5 Å². The van der Waals surface area contributed by atoms with Gasteiger partial charge in [-0.2, -0.15) is 0 Å². The highest BCUT2D eigenvalue weighted by Gasteiger charge is 2.24. The number of hydrogen-bond acceptors (Lipinski definition) is 1. The van der Waals surface area contributed by atoms with Crippen molar-refractivity contribution in [2.24, 2.45) is 0 Å².